The lowest BCUT2D eigenvalue weighted by atomic mass is 10.0. The Hall–Kier alpha value is -3.06. The van der Waals surface area contributed by atoms with Crippen molar-refractivity contribution in [3.05, 3.63) is 82.4 Å². The number of benzene rings is 2. The molecule has 2 aromatic carbocycles. The molecule has 6 nitrogen and oxygen atoms in total. The van der Waals surface area contributed by atoms with Crippen LogP contribution < -0.4 is 5.32 Å². The molecule has 1 aromatic heterocycles. The molecule has 0 aliphatic rings. The average Bonchev–Trinajstić information content (AvgIpc) is 3.23. The highest BCUT2D eigenvalue weighted by Gasteiger charge is 2.34. The quantitative estimate of drug-likeness (QED) is 0.648. The van der Waals surface area contributed by atoms with Crippen molar-refractivity contribution in [2.75, 3.05) is 0 Å². The first kappa shape index (κ1) is 21.6. The highest BCUT2D eigenvalue weighted by Crippen LogP contribution is 2.26. The third kappa shape index (κ3) is 5.51. The van der Waals surface area contributed by atoms with Crippen LogP contribution in [0.4, 0.5) is 0 Å². The van der Waals surface area contributed by atoms with E-state index in [1.807, 2.05) is 82.3 Å². The van der Waals surface area contributed by atoms with Crippen LogP contribution in [-0.4, -0.2) is 31.8 Å². The van der Waals surface area contributed by atoms with Gasteiger partial charge in [-0.2, -0.15) is 0 Å². The first-order valence-corrected chi connectivity index (χ1v) is 10.6. The van der Waals surface area contributed by atoms with E-state index in [0.717, 1.165) is 28.2 Å². The zero-order chi connectivity index (χ0) is 21.7. The molecule has 0 radical (unpaired) electrons. The van der Waals surface area contributed by atoms with Crippen molar-refractivity contribution < 1.29 is 9.59 Å². The fourth-order valence-corrected chi connectivity index (χ4v) is 3.55. The molecule has 1 unspecified atom stereocenters. The Balaban J connectivity index is 2.06. The minimum absolute atomic E-state index is 0.233. The maximum absolute atomic E-state index is 13.4. The smallest absolute Gasteiger partial charge is 0.276 e. The minimum Gasteiger partial charge on any atom is -0.349 e. The van der Waals surface area contributed by atoms with Gasteiger partial charge in [0.15, 0.2) is 5.69 Å². The SMILES string of the molecule is Cc1ccc(CN(C(=O)c2csnn2)C(C(=O)NC(C)(C)C)c2ccccc2)cc1. The number of rotatable bonds is 6. The maximum Gasteiger partial charge on any atom is 0.276 e. The summed E-state index contributed by atoms with van der Waals surface area (Å²) in [4.78, 5) is 28.4. The van der Waals surface area contributed by atoms with E-state index in [1.165, 1.54) is 0 Å². The van der Waals surface area contributed by atoms with Crippen LogP contribution >= 0.6 is 11.5 Å². The van der Waals surface area contributed by atoms with Crippen LogP contribution in [0.5, 0.6) is 0 Å². The summed E-state index contributed by atoms with van der Waals surface area (Å²) in [7, 11) is 0. The lowest BCUT2D eigenvalue weighted by Gasteiger charge is -2.33. The van der Waals surface area contributed by atoms with E-state index in [4.69, 9.17) is 0 Å². The van der Waals surface area contributed by atoms with E-state index in [2.05, 4.69) is 14.9 Å². The van der Waals surface area contributed by atoms with Crippen molar-refractivity contribution in [1.82, 2.24) is 19.8 Å². The summed E-state index contributed by atoms with van der Waals surface area (Å²) >= 11 is 1.11. The van der Waals surface area contributed by atoms with Gasteiger partial charge in [0.05, 0.1) is 0 Å². The topological polar surface area (TPSA) is 75.2 Å². The second-order valence-electron chi connectivity index (χ2n) is 8.26. The molecule has 0 fully saturated rings. The lowest BCUT2D eigenvalue weighted by molar-refractivity contribution is -0.127. The van der Waals surface area contributed by atoms with Crippen molar-refractivity contribution in [3.8, 4) is 0 Å². The summed E-state index contributed by atoms with van der Waals surface area (Å²) in [5.41, 5.74) is 2.59. The molecule has 3 rings (SSSR count). The van der Waals surface area contributed by atoms with Gasteiger partial charge in [-0.1, -0.05) is 64.6 Å². The molecule has 0 bridgehead atoms. The molecule has 30 heavy (non-hydrogen) atoms. The summed E-state index contributed by atoms with van der Waals surface area (Å²) in [6.07, 6.45) is 0. The Morgan fingerprint density at radius 1 is 1.07 bits per heavy atom. The molecular formula is C23H26N4O2S. The maximum atomic E-state index is 13.4. The van der Waals surface area contributed by atoms with Gasteiger partial charge in [-0.15, -0.1) is 5.10 Å². The molecule has 0 saturated heterocycles. The first-order valence-electron chi connectivity index (χ1n) is 9.75. The van der Waals surface area contributed by atoms with E-state index >= 15 is 0 Å². The van der Waals surface area contributed by atoms with E-state index in [0.29, 0.717) is 0 Å². The number of aryl methyl sites for hydroxylation is 1. The van der Waals surface area contributed by atoms with Gasteiger partial charge in [0, 0.05) is 17.5 Å². The second-order valence-corrected chi connectivity index (χ2v) is 8.87. The second kappa shape index (κ2) is 9.17. The Morgan fingerprint density at radius 2 is 1.73 bits per heavy atom. The van der Waals surface area contributed by atoms with Crippen molar-refractivity contribution in [3.63, 3.8) is 0 Å². The Labute approximate surface area is 181 Å². The number of carbonyl (C=O) groups is 2. The average molecular weight is 423 g/mol. The number of hydrogen-bond donors (Lipinski definition) is 1. The third-order valence-corrected chi connectivity index (χ3v) is 4.99. The number of nitrogens with zero attached hydrogens (tertiary/aromatic N) is 3. The van der Waals surface area contributed by atoms with Gasteiger partial charge in [-0.3, -0.25) is 9.59 Å². The molecule has 1 heterocycles. The Morgan fingerprint density at radius 3 is 2.30 bits per heavy atom. The molecule has 156 valence electrons. The summed E-state index contributed by atoms with van der Waals surface area (Å²) in [5.74, 6) is -0.570. The molecule has 7 heteroatoms. The van der Waals surface area contributed by atoms with Crippen molar-refractivity contribution in [2.24, 2.45) is 0 Å². The highest BCUT2D eigenvalue weighted by atomic mass is 32.1. The minimum atomic E-state index is -0.805. The monoisotopic (exact) mass is 422 g/mol. The van der Waals surface area contributed by atoms with Crippen molar-refractivity contribution in [2.45, 2.75) is 45.8 Å². The predicted molar refractivity (Wildman–Crippen MR) is 118 cm³/mol. The van der Waals surface area contributed by atoms with E-state index < -0.39 is 11.6 Å². The summed E-state index contributed by atoms with van der Waals surface area (Å²) in [5, 5.41) is 8.58. The van der Waals surface area contributed by atoms with Gasteiger partial charge < -0.3 is 10.2 Å². The van der Waals surface area contributed by atoms with Crippen LogP contribution in [0.25, 0.3) is 0 Å². The third-order valence-electron chi connectivity index (χ3n) is 4.49. The van der Waals surface area contributed by atoms with Crippen LogP contribution in [0.2, 0.25) is 0 Å². The van der Waals surface area contributed by atoms with Gasteiger partial charge in [-0.25, -0.2) is 0 Å². The zero-order valence-corrected chi connectivity index (χ0v) is 18.4. The van der Waals surface area contributed by atoms with Gasteiger partial charge >= 0.3 is 0 Å². The van der Waals surface area contributed by atoms with E-state index in [1.54, 1.807) is 10.3 Å². The first-order chi connectivity index (χ1) is 14.2. The number of hydrogen-bond acceptors (Lipinski definition) is 5. The van der Waals surface area contributed by atoms with E-state index in [9.17, 15) is 9.59 Å². The van der Waals surface area contributed by atoms with Gasteiger partial charge in [-0.05, 0) is 50.4 Å². The summed E-state index contributed by atoms with van der Waals surface area (Å²) in [6, 6.07) is 16.5. The number of amides is 2. The van der Waals surface area contributed by atoms with Crippen molar-refractivity contribution in [1.29, 1.82) is 0 Å². The van der Waals surface area contributed by atoms with Gasteiger partial charge in [0.1, 0.15) is 6.04 Å². The van der Waals surface area contributed by atoms with Crippen LogP contribution in [-0.2, 0) is 11.3 Å². The van der Waals surface area contributed by atoms with Gasteiger partial charge in [0.2, 0.25) is 5.91 Å². The molecule has 3 aromatic rings. The fraction of sp³-hybridized carbons (Fsp3) is 0.304. The molecule has 0 spiro atoms. The molecular weight excluding hydrogens is 396 g/mol. The molecule has 0 aliphatic heterocycles. The molecule has 1 atom stereocenters. The molecule has 1 N–H and O–H groups in total. The predicted octanol–water partition coefficient (Wildman–Crippen LogP) is 4.14. The Kier molecular flexibility index (Phi) is 6.62. The highest BCUT2D eigenvalue weighted by molar-refractivity contribution is 7.03. The largest absolute Gasteiger partial charge is 0.349 e. The summed E-state index contributed by atoms with van der Waals surface area (Å²) < 4.78 is 3.82. The standard InChI is InChI=1S/C23H26N4O2S/c1-16-10-12-17(13-11-16)14-27(22(29)19-15-30-26-25-19)20(18-8-6-5-7-9-18)21(28)24-23(2,3)4/h5-13,15,20H,14H2,1-4H3,(H,24,28). The summed E-state index contributed by atoms with van der Waals surface area (Å²) in [6.45, 7) is 8.04. The van der Waals surface area contributed by atoms with Crippen LogP contribution in [0, 0.1) is 6.92 Å². The molecule has 0 saturated carbocycles. The zero-order valence-electron chi connectivity index (χ0n) is 17.6. The van der Waals surface area contributed by atoms with E-state index in [-0.39, 0.29) is 24.1 Å². The number of aromatic nitrogens is 2. The normalized spacial score (nSPS) is 12.3. The Bertz CT molecular complexity index is 980. The van der Waals surface area contributed by atoms with Crippen molar-refractivity contribution >= 4 is 23.3 Å². The number of nitrogens with one attached hydrogen (secondary N) is 1. The number of carbonyl (C=O) groups excluding carboxylic acids is 2. The molecule has 2 amide bonds. The van der Waals surface area contributed by atoms with Crippen LogP contribution in [0.1, 0.15) is 54.0 Å². The molecule has 0 aliphatic carbocycles. The fourth-order valence-electron chi connectivity index (χ4n) is 3.12. The lowest BCUT2D eigenvalue weighted by Crippen LogP contribution is -2.49. The van der Waals surface area contributed by atoms with Crippen LogP contribution in [0.3, 0.4) is 0 Å². The van der Waals surface area contributed by atoms with Gasteiger partial charge in [0.25, 0.3) is 5.91 Å². The van der Waals surface area contributed by atoms with Crippen LogP contribution in [0.15, 0.2) is 60.0 Å².